The fraction of sp³-hybridized carbons (Fsp3) is 0.400. The number of benzene rings is 1. The van der Waals surface area contributed by atoms with Crippen LogP contribution in [0, 0.1) is 5.82 Å². The second-order valence-electron chi connectivity index (χ2n) is 7.10. The SMILES string of the molecule is CC(C)c1nccn1CCCNC(=O)c1cc(F)cc(-c2nc(CO)nn2C)c1. The summed E-state index contributed by atoms with van der Waals surface area (Å²) in [6, 6.07) is 4.04. The zero-order valence-electron chi connectivity index (χ0n) is 16.8. The van der Waals surface area contributed by atoms with E-state index in [4.69, 9.17) is 0 Å². The number of amides is 1. The number of aliphatic hydroxyl groups excluding tert-OH is 1. The summed E-state index contributed by atoms with van der Waals surface area (Å²) >= 11 is 0. The topological polar surface area (TPSA) is 97.9 Å². The van der Waals surface area contributed by atoms with Crippen LogP contribution in [0.15, 0.2) is 30.6 Å². The summed E-state index contributed by atoms with van der Waals surface area (Å²) in [5.41, 5.74) is 0.629. The first-order valence-corrected chi connectivity index (χ1v) is 9.50. The van der Waals surface area contributed by atoms with Crippen LogP contribution in [0.25, 0.3) is 11.4 Å². The van der Waals surface area contributed by atoms with Crippen LogP contribution in [0.5, 0.6) is 0 Å². The maximum absolute atomic E-state index is 14.1. The predicted molar refractivity (Wildman–Crippen MR) is 106 cm³/mol. The first-order valence-electron chi connectivity index (χ1n) is 9.50. The van der Waals surface area contributed by atoms with Gasteiger partial charge in [0.1, 0.15) is 18.2 Å². The Labute approximate surface area is 168 Å². The summed E-state index contributed by atoms with van der Waals surface area (Å²) in [7, 11) is 1.65. The van der Waals surface area contributed by atoms with Crippen molar-refractivity contribution < 1.29 is 14.3 Å². The number of hydrogen-bond donors (Lipinski definition) is 2. The van der Waals surface area contributed by atoms with Gasteiger partial charge in [0.05, 0.1) is 0 Å². The van der Waals surface area contributed by atoms with Crippen molar-refractivity contribution in [3.63, 3.8) is 0 Å². The Hall–Kier alpha value is -3.07. The molecule has 0 fully saturated rings. The van der Waals surface area contributed by atoms with Gasteiger partial charge in [-0.05, 0) is 24.6 Å². The number of aromatic nitrogens is 5. The molecule has 9 heteroatoms. The Balaban J connectivity index is 1.64. The lowest BCUT2D eigenvalue weighted by molar-refractivity contribution is 0.0952. The third-order valence-corrected chi connectivity index (χ3v) is 4.49. The van der Waals surface area contributed by atoms with Crippen molar-refractivity contribution >= 4 is 5.91 Å². The molecule has 0 unspecified atom stereocenters. The van der Waals surface area contributed by atoms with Crippen LogP contribution in [0.4, 0.5) is 4.39 Å². The molecule has 3 aromatic rings. The quantitative estimate of drug-likeness (QED) is 0.565. The molecular weight excluding hydrogens is 375 g/mol. The van der Waals surface area contributed by atoms with Crippen molar-refractivity contribution in [3.05, 3.63) is 53.6 Å². The van der Waals surface area contributed by atoms with Crippen LogP contribution in [0.2, 0.25) is 0 Å². The van der Waals surface area contributed by atoms with E-state index in [-0.39, 0.29) is 23.9 Å². The number of carbonyl (C=O) groups excluding carboxylic acids is 1. The van der Waals surface area contributed by atoms with Gasteiger partial charge in [0.15, 0.2) is 11.6 Å². The largest absolute Gasteiger partial charge is 0.388 e. The van der Waals surface area contributed by atoms with Crippen molar-refractivity contribution in [2.24, 2.45) is 7.05 Å². The average molecular weight is 400 g/mol. The number of nitrogens with zero attached hydrogens (tertiary/aromatic N) is 5. The Morgan fingerprint density at radius 3 is 2.79 bits per heavy atom. The van der Waals surface area contributed by atoms with E-state index in [1.807, 2.05) is 6.20 Å². The third kappa shape index (κ3) is 4.86. The minimum atomic E-state index is -0.541. The molecular formula is C20H25FN6O2. The van der Waals surface area contributed by atoms with E-state index >= 15 is 0 Å². The van der Waals surface area contributed by atoms with E-state index < -0.39 is 5.82 Å². The fourth-order valence-corrected chi connectivity index (χ4v) is 3.17. The molecule has 2 aromatic heterocycles. The van der Waals surface area contributed by atoms with Gasteiger partial charge in [0, 0.05) is 49.6 Å². The molecule has 0 bridgehead atoms. The molecule has 2 heterocycles. The van der Waals surface area contributed by atoms with Gasteiger partial charge >= 0.3 is 0 Å². The highest BCUT2D eigenvalue weighted by Gasteiger charge is 2.14. The summed E-state index contributed by atoms with van der Waals surface area (Å²) in [5.74, 6) is 1.06. The van der Waals surface area contributed by atoms with Crippen molar-refractivity contribution in [3.8, 4) is 11.4 Å². The molecule has 0 aliphatic carbocycles. The van der Waals surface area contributed by atoms with E-state index in [0.29, 0.717) is 23.9 Å². The molecule has 0 aliphatic heterocycles. The Morgan fingerprint density at radius 1 is 1.31 bits per heavy atom. The molecule has 2 N–H and O–H groups in total. The van der Waals surface area contributed by atoms with Gasteiger partial charge in [-0.2, -0.15) is 5.10 Å². The monoisotopic (exact) mass is 400 g/mol. The fourth-order valence-electron chi connectivity index (χ4n) is 3.17. The molecule has 29 heavy (non-hydrogen) atoms. The normalized spacial score (nSPS) is 11.2. The Kier molecular flexibility index (Phi) is 6.38. The molecule has 0 saturated heterocycles. The number of carbonyl (C=O) groups is 1. The van der Waals surface area contributed by atoms with Crippen LogP contribution in [0.3, 0.4) is 0 Å². The average Bonchev–Trinajstić information content (AvgIpc) is 3.30. The number of imidazole rings is 1. The molecule has 0 radical (unpaired) electrons. The second kappa shape index (κ2) is 8.95. The summed E-state index contributed by atoms with van der Waals surface area (Å²) < 4.78 is 17.6. The Morgan fingerprint density at radius 2 is 2.10 bits per heavy atom. The number of aliphatic hydroxyl groups is 1. The molecule has 0 atom stereocenters. The van der Waals surface area contributed by atoms with Gasteiger partial charge in [-0.25, -0.2) is 19.0 Å². The third-order valence-electron chi connectivity index (χ3n) is 4.49. The standard InChI is InChI=1S/C20H25FN6O2/c1-13(2)18-22-6-8-27(18)7-4-5-23-20(29)15-9-14(10-16(21)11-15)19-24-17(12-28)25-26(19)3/h6,8-11,13,28H,4-5,7,12H2,1-3H3,(H,23,29). The van der Waals surface area contributed by atoms with Crippen LogP contribution in [0.1, 0.15) is 48.2 Å². The van der Waals surface area contributed by atoms with Gasteiger partial charge < -0.3 is 15.0 Å². The highest BCUT2D eigenvalue weighted by molar-refractivity contribution is 5.95. The van der Waals surface area contributed by atoms with E-state index in [1.165, 1.54) is 16.8 Å². The predicted octanol–water partition coefficient (Wildman–Crippen LogP) is 2.25. The van der Waals surface area contributed by atoms with Gasteiger partial charge in [0.25, 0.3) is 5.91 Å². The van der Waals surface area contributed by atoms with Crippen LogP contribution in [-0.2, 0) is 20.2 Å². The van der Waals surface area contributed by atoms with Gasteiger partial charge in [0.2, 0.25) is 0 Å². The second-order valence-corrected chi connectivity index (χ2v) is 7.10. The molecule has 0 saturated carbocycles. The van der Waals surface area contributed by atoms with Gasteiger partial charge in [-0.15, -0.1) is 0 Å². The Bertz CT molecular complexity index is 995. The lowest BCUT2D eigenvalue weighted by atomic mass is 10.1. The number of nitrogens with one attached hydrogen (secondary N) is 1. The minimum absolute atomic E-state index is 0.207. The lowest BCUT2D eigenvalue weighted by Crippen LogP contribution is -2.25. The zero-order chi connectivity index (χ0) is 21.0. The number of hydrogen-bond acceptors (Lipinski definition) is 5. The van der Waals surface area contributed by atoms with Crippen LogP contribution in [-0.4, -0.2) is 41.9 Å². The van der Waals surface area contributed by atoms with Crippen molar-refractivity contribution in [1.82, 2.24) is 29.6 Å². The van der Waals surface area contributed by atoms with Crippen molar-refractivity contribution in [1.29, 1.82) is 0 Å². The van der Waals surface area contributed by atoms with Gasteiger partial charge in [-0.1, -0.05) is 13.8 Å². The highest BCUT2D eigenvalue weighted by atomic mass is 19.1. The summed E-state index contributed by atoms with van der Waals surface area (Å²) in [6.07, 6.45) is 4.43. The lowest BCUT2D eigenvalue weighted by Gasteiger charge is -2.11. The van der Waals surface area contributed by atoms with Crippen molar-refractivity contribution in [2.75, 3.05) is 6.54 Å². The van der Waals surface area contributed by atoms with E-state index in [1.54, 1.807) is 19.3 Å². The molecule has 3 rings (SSSR count). The maximum atomic E-state index is 14.1. The number of aryl methyl sites for hydroxylation is 2. The molecule has 0 aliphatic rings. The molecule has 1 aromatic carbocycles. The summed E-state index contributed by atoms with van der Waals surface area (Å²) in [5, 5.41) is 16.0. The molecule has 154 valence electrons. The van der Waals surface area contributed by atoms with E-state index in [0.717, 1.165) is 18.8 Å². The number of halogens is 1. The summed E-state index contributed by atoms with van der Waals surface area (Å²) in [4.78, 5) is 21.0. The minimum Gasteiger partial charge on any atom is -0.388 e. The molecule has 0 spiro atoms. The van der Waals surface area contributed by atoms with Crippen LogP contribution < -0.4 is 5.32 Å². The summed E-state index contributed by atoms with van der Waals surface area (Å²) in [6.45, 7) is 5.06. The smallest absolute Gasteiger partial charge is 0.251 e. The van der Waals surface area contributed by atoms with E-state index in [2.05, 4.69) is 38.8 Å². The molecule has 8 nitrogen and oxygen atoms in total. The van der Waals surface area contributed by atoms with Crippen LogP contribution >= 0.6 is 0 Å². The molecule has 1 amide bonds. The van der Waals surface area contributed by atoms with Gasteiger partial charge in [-0.3, -0.25) is 4.79 Å². The van der Waals surface area contributed by atoms with E-state index in [9.17, 15) is 14.3 Å². The van der Waals surface area contributed by atoms with Crippen molar-refractivity contribution in [2.45, 2.75) is 39.3 Å². The zero-order valence-corrected chi connectivity index (χ0v) is 16.8. The maximum Gasteiger partial charge on any atom is 0.251 e. The highest BCUT2D eigenvalue weighted by Crippen LogP contribution is 2.20. The number of rotatable bonds is 8. The first-order chi connectivity index (χ1) is 13.9. The first kappa shape index (κ1) is 20.7.